The summed E-state index contributed by atoms with van der Waals surface area (Å²) in [5.74, 6) is -0.689. The minimum Gasteiger partial charge on any atom is -0.478 e. The van der Waals surface area contributed by atoms with E-state index in [4.69, 9.17) is 5.11 Å². The predicted octanol–water partition coefficient (Wildman–Crippen LogP) is 1.09. The molecule has 0 atom stereocenters. The number of hydrogen-bond donors (Lipinski definition) is 2. The van der Waals surface area contributed by atoms with Crippen molar-refractivity contribution in [3.63, 3.8) is 0 Å². The third kappa shape index (κ3) is 2.98. The highest BCUT2D eigenvalue weighted by atomic mass is 16.4. The van der Waals surface area contributed by atoms with Crippen LogP contribution >= 0.6 is 0 Å². The van der Waals surface area contributed by atoms with E-state index in [0.717, 1.165) is 5.56 Å². The number of aryl methyl sites for hydroxylation is 1. The number of carboxylic acid groups (broad SMARTS) is 1. The molecule has 2 aromatic rings. The van der Waals surface area contributed by atoms with Crippen LogP contribution in [0, 0.1) is 0 Å². The largest absolute Gasteiger partial charge is 0.478 e. The van der Waals surface area contributed by atoms with E-state index in [-0.39, 0.29) is 16.9 Å². The van der Waals surface area contributed by atoms with Gasteiger partial charge in [-0.05, 0) is 17.7 Å². The molecule has 1 aromatic carbocycles. The molecule has 1 aromatic heterocycles. The van der Waals surface area contributed by atoms with Crippen LogP contribution in [-0.2, 0) is 13.6 Å². The van der Waals surface area contributed by atoms with E-state index < -0.39 is 5.97 Å². The van der Waals surface area contributed by atoms with Crippen LogP contribution in [0.1, 0.15) is 15.9 Å². The van der Waals surface area contributed by atoms with Crippen LogP contribution < -0.4 is 10.9 Å². The van der Waals surface area contributed by atoms with Gasteiger partial charge in [-0.2, -0.15) is 0 Å². The van der Waals surface area contributed by atoms with Crippen molar-refractivity contribution in [2.45, 2.75) is 6.54 Å². The van der Waals surface area contributed by atoms with Gasteiger partial charge >= 0.3 is 5.97 Å². The van der Waals surface area contributed by atoms with Gasteiger partial charge in [0.25, 0.3) is 5.56 Å². The molecule has 98 valence electrons. The summed E-state index contributed by atoms with van der Waals surface area (Å²) in [7, 11) is 1.65. The number of anilines is 1. The molecule has 1 heterocycles. The van der Waals surface area contributed by atoms with E-state index in [1.165, 1.54) is 22.9 Å². The van der Waals surface area contributed by atoms with Gasteiger partial charge in [0, 0.05) is 26.0 Å². The maximum Gasteiger partial charge on any atom is 0.335 e. The molecule has 0 aliphatic rings. The van der Waals surface area contributed by atoms with Gasteiger partial charge in [0.2, 0.25) is 0 Å². The lowest BCUT2D eigenvalue weighted by atomic mass is 10.1. The van der Waals surface area contributed by atoms with Crippen molar-refractivity contribution in [2.24, 2.45) is 7.05 Å². The third-order valence-corrected chi connectivity index (χ3v) is 2.68. The Kier molecular flexibility index (Phi) is 3.61. The van der Waals surface area contributed by atoms with E-state index in [0.29, 0.717) is 6.54 Å². The fraction of sp³-hybridized carbons (Fsp3) is 0.154. The first-order chi connectivity index (χ1) is 9.08. The third-order valence-electron chi connectivity index (χ3n) is 2.68. The molecular weight excluding hydrogens is 246 g/mol. The molecule has 19 heavy (non-hydrogen) atoms. The van der Waals surface area contributed by atoms with Crippen LogP contribution in [0.15, 0.2) is 41.5 Å². The van der Waals surface area contributed by atoms with Crippen molar-refractivity contribution in [3.8, 4) is 0 Å². The summed E-state index contributed by atoms with van der Waals surface area (Å²) in [6.45, 7) is 0.409. The minimum absolute atomic E-state index is 0.204. The first-order valence-electron chi connectivity index (χ1n) is 5.65. The van der Waals surface area contributed by atoms with Gasteiger partial charge in [0.15, 0.2) is 5.82 Å². The monoisotopic (exact) mass is 259 g/mol. The van der Waals surface area contributed by atoms with E-state index in [1.54, 1.807) is 25.4 Å². The first kappa shape index (κ1) is 12.8. The zero-order chi connectivity index (χ0) is 13.8. The van der Waals surface area contributed by atoms with Crippen molar-refractivity contribution in [1.29, 1.82) is 0 Å². The number of nitrogens with one attached hydrogen (secondary N) is 1. The van der Waals surface area contributed by atoms with Gasteiger partial charge in [0.05, 0.1) is 5.56 Å². The van der Waals surface area contributed by atoms with Crippen LogP contribution in [0.25, 0.3) is 0 Å². The van der Waals surface area contributed by atoms with E-state index >= 15 is 0 Å². The summed E-state index contributed by atoms with van der Waals surface area (Å²) in [5.41, 5.74) is 0.903. The predicted molar refractivity (Wildman–Crippen MR) is 70.2 cm³/mol. The van der Waals surface area contributed by atoms with Crippen LogP contribution in [0.2, 0.25) is 0 Å². The average molecular weight is 259 g/mol. The Morgan fingerprint density at radius 2 is 2.05 bits per heavy atom. The highest BCUT2D eigenvalue weighted by Gasteiger charge is 2.04. The zero-order valence-corrected chi connectivity index (χ0v) is 10.3. The van der Waals surface area contributed by atoms with Gasteiger partial charge in [0.1, 0.15) is 0 Å². The molecule has 0 unspecified atom stereocenters. The molecule has 0 aliphatic carbocycles. The van der Waals surface area contributed by atoms with Crippen LogP contribution in [0.3, 0.4) is 0 Å². The molecular formula is C13H13N3O3. The van der Waals surface area contributed by atoms with Gasteiger partial charge in [-0.25, -0.2) is 9.78 Å². The van der Waals surface area contributed by atoms with Gasteiger partial charge in [-0.15, -0.1) is 0 Å². The summed E-state index contributed by atoms with van der Waals surface area (Å²) in [5, 5.41) is 11.7. The summed E-state index contributed by atoms with van der Waals surface area (Å²) in [6, 6.07) is 6.44. The Bertz CT molecular complexity index is 647. The van der Waals surface area contributed by atoms with Crippen molar-refractivity contribution >= 4 is 11.8 Å². The topological polar surface area (TPSA) is 84.2 Å². The quantitative estimate of drug-likeness (QED) is 0.858. The molecule has 6 nitrogen and oxygen atoms in total. The molecule has 0 spiro atoms. The van der Waals surface area contributed by atoms with Crippen LogP contribution in [-0.4, -0.2) is 20.6 Å². The summed E-state index contributed by atoms with van der Waals surface area (Å²) < 4.78 is 1.43. The number of nitrogens with zero attached hydrogens (tertiary/aromatic N) is 2. The Morgan fingerprint density at radius 3 is 2.68 bits per heavy atom. The van der Waals surface area contributed by atoms with Gasteiger partial charge in [-0.3, -0.25) is 4.79 Å². The molecule has 0 radical (unpaired) electrons. The summed E-state index contributed by atoms with van der Waals surface area (Å²) in [6.07, 6.45) is 3.12. The lowest BCUT2D eigenvalue weighted by molar-refractivity contribution is 0.0697. The number of rotatable bonds is 4. The lowest BCUT2D eigenvalue weighted by Crippen LogP contribution is -2.21. The number of hydrogen-bond acceptors (Lipinski definition) is 4. The second kappa shape index (κ2) is 5.34. The maximum absolute atomic E-state index is 11.7. The Hall–Kier alpha value is -2.63. The van der Waals surface area contributed by atoms with E-state index in [1.807, 2.05) is 0 Å². The molecule has 0 bridgehead atoms. The first-order valence-corrected chi connectivity index (χ1v) is 5.65. The zero-order valence-electron chi connectivity index (χ0n) is 10.3. The highest BCUT2D eigenvalue weighted by Crippen LogP contribution is 2.06. The molecule has 0 aliphatic heterocycles. The van der Waals surface area contributed by atoms with Crippen LogP contribution in [0.4, 0.5) is 5.82 Å². The maximum atomic E-state index is 11.7. The minimum atomic E-state index is -0.960. The van der Waals surface area contributed by atoms with E-state index in [2.05, 4.69) is 10.3 Å². The number of benzene rings is 1. The molecule has 2 rings (SSSR count). The van der Waals surface area contributed by atoms with Crippen molar-refractivity contribution in [2.75, 3.05) is 5.32 Å². The Balaban J connectivity index is 2.08. The molecule has 6 heteroatoms. The van der Waals surface area contributed by atoms with Gasteiger partial charge in [-0.1, -0.05) is 12.1 Å². The number of aromatic carboxylic acids is 1. The SMILES string of the molecule is Cn1ccnc(NCc2ccc(C(=O)O)cc2)c1=O. The standard InChI is InChI=1S/C13H13N3O3/c1-16-7-6-14-11(12(16)17)15-8-9-2-4-10(5-3-9)13(18)19/h2-7H,8H2,1H3,(H,14,15)(H,18,19). The smallest absolute Gasteiger partial charge is 0.335 e. The number of carboxylic acids is 1. The number of carbonyl (C=O) groups is 1. The fourth-order valence-electron chi connectivity index (χ4n) is 1.57. The fourth-order valence-corrected chi connectivity index (χ4v) is 1.57. The van der Waals surface area contributed by atoms with Gasteiger partial charge < -0.3 is 15.0 Å². The van der Waals surface area contributed by atoms with E-state index in [9.17, 15) is 9.59 Å². The van der Waals surface area contributed by atoms with Crippen molar-refractivity contribution < 1.29 is 9.90 Å². The molecule has 0 fully saturated rings. The number of aromatic nitrogens is 2. The molecule has 0 saturated carbocycles. The molecule has 0 saturated heterocycles. The van der Waals surface area contributed by atoms with Crippen molar-refractivity contribution in [1.82, 2.24) is 9.55 Å². The average Bonchev–Trinajstić information content (AvgIpc) is 2.41. The molecule has 2 N–H and O–H groups in total. The highest BCUT2D eigenvalue weighted by molar-refractivity contribution is 5.87. The lowest BCUT2D eigenvalue weighted by Gasteiger charge is -2.06. The second-order valence-corrected chi connectivity index (χ2v) is 4.05. The van der Waals surface area contributed by atoms with Crippen molar-refractivity contribution in [3.05, 3.63) is 58.1 Å². The summed E-state index contributed by atoms with van der Waals surface area (Å²) in [4.78, 5) is 26.4. The second-order valence-electron chi connectivity index (χ2n) is 4.05. The molecule has 0 amide bonds. The Labute approximate surface area is 109 Å². The normalized spacial score (nSPS) is 10.2. The summed E-state index contributed by atoms with van der Waals surface area (Å²) >= 11 is 0. The Morgan fingerprint density at radius 1 is 1.37 bits per heavy atom. The van der Waals surface area contributed by atoms with Crippen LogP contribution in [0.5, 0.6) is 0 Å².